The lowest BCUT2D eigenvalue weighted by atomic mass is 9.78. The van der Waals surface area contributed by atoms with Gasteiger partial charge in [-0.15, -0.1) is 0 Å². The molecule has 108 valence electrons. The van der Waals surface area contributed by atoms with Crippen LogP contribution < -0.4 is 10.8 Å². The Labute approximate surface area is 120 Å². The third-order valence-electron chi connectivity index (χ3n) is 3.38. The molecule has 1 aromatic carbocycles. The number of rotatable bonds is 2. The van der Waals surface area contributed by atoms with Crippen molar-refractivity contribution in [3.63, 3.8) is 0 Å². The van der Waals surface area contributed by atoms with Crippen molar-refractivity contribution in [1.82, 2.24) is 9.78 Å². The Balaban J connectivity index is 1.92. The lowest BCUT2D eigenvalue weighted by Crippen LogP contribution is -2.30. The summed E-state index contributed by atoms with van der Waals surface area (Å²) >= 11 is 0. The van der Waals surface area contributed by atoms with Crippen molar-refractivity contribution >= 4 is 24.3 Å². The molecule has 0 bridgehead atoms. The van der Waals surface area contributed by atoms with Crippen LogP contribution in [0.25, 0.3) is 0 Å². The standard InChI is InChI=1S/C13H13BFN3O3/c1-7-3-12(18(2)17-7)16-13(19)9-5-10-8(4-11(9)15)6-21-14(10)20/h3-5,20H,6H2,1-2H3,(H,16,19). The van der Waals surface area contributed by atoms with E-state index in [-0.39, 0.29) is 12.2 Å². The molecular weight excluding hydrogens is 276 g/mol. The minimum absolute atomic E-state index is 0.135. The molecule has 21 heavy (non-hydrogen) atoms. The smallest absolute Gasteiger partial charge is 0.423 e. The van der Waals surface area contributed by atoms with Gasteiger partial charge in [0.1, 0.15) is 11.6 Å². The number of aryl methyl sites for hydroxylation is 2. The van der Waals surface area contributed by atoms with Crippen molar-refractivity contribution in [1.29, 1.82) is 0 Å². The van der Waals surface area contributed by atoms with E-state index in [0.29, 0.717) is 16.8 Å². The van der Waals surface area contributed by atoms with Gasteiger partial charge < -0.3 is 15.0 Å². The monoisotopic (exact) mass is 289 g/mol. The second kappa shape index (κ2) is 4.98. The Morgan fingerprint density at radius 1 is 1.52 bits per heavy atom. The molecule has 2 N–H and O–H groups in total. The van der Waals surface area contributed by atoms with Crippen molar-refractivity contribution < 1.29 is 18.9 Å². The maximum absolute atomic E-state index is 14.0. The highest BCUT2D eigenvalue weighted by Crippen LogP contribution is 2.17. The number of carbonyl (C=O) groups is 1. The van der Waals surface area contributed by atoms with E-state index in [1.165, 1.54) is 16.8 Å². The Morgan fingerprint density at radius 2 is 2.29 bits per heavy atom. The van der Waals surface area contributed by atoms with Crippen LogP contribution in [0.3, 0.4) is 0 Å². The van der Waals surface area contributed by atoms with Crippen molar-refractivity contribution in [2.24, 2.45) is 7.05 Å². The third-order valence-corrected chi connectivity index (χ3v) is 3.38. The zero-order valence-corrected chi connectivity index (χ0v) is 11.6. The zero-order valence-electron chi connectivity index (χ0n) is 11.6. The fraction of sp³-hybridized carbons (Fsp3) is 0.231. The fourth-order valence-corrected chi connectivity index (χ4v) is 2.33. The number of halogens is 1. The number of benzene rings is 1. The molecule has 0 aliphatic carbocycles. The number of nitrogens with zero attached hydrogens (tertiary/aromatic N) is 2. The van der Waals surface area contributed by atoms with Gasteiger partial charge in [-0.05, 0) is 30.1 Å². The molecule has 6 nitrogen and oxygen atoms in total. The number of anilines is 1. The van der Waals surface area contributed by atoms with Crippen molar-refractivity contribution in [3.8, 4) is 0 Å². The van der Waals surface area contributed by atoms with Crippen LogP contribution in [-0.4, -0.2) is 27.8 Å². The van der Waals surface area contributed by atoms with E-state index in [2.05, 4.69) is 10.4 Å². The van der Waals surface area contributed by atoms with E-state index < -0.39 is 18.8 Å². The highest BCUT2D eigenvalue weighted by atomic mass is 19.1. The van der Waals surface area contributed by atoms with E-state index in [0.717, 1.165) is 5.69 Å². The van der Waals surface area contributed by atoms with E-state index in [9.17, 15) is 14.2 Å². The van der Waals surface area contributed by atoms with Gasteiger partial charge in [0.25, 0.3) is 5.91 Å². The Morgan fingerprint density at radius 3 is 2.95 bits per heavy atom. The third kappa shape index (κ3) is 2.43. The number of hydrogen-bond acceptors (Lipinski definition) is 4. The largest absolute Gasteiger partial charge is 0.491 e. The van der Waals surface area contributed by atoms with Gasteiger partial charge >= 0.3 is 7.12 Å². The predicted molar refractivity (Wildman–Crippen MR) is 74.7 cm³/mol. The second-order valence-electron chi connectivity index (χ2n) is 4.94. The van der Waals surface area contributed by atoms with Crippen molar-refractivity contribution in [2.45, 2.75) is 13.5 Å². The second-order valence-corrected chi connectivity index (χ2v) is 4.94. The summed E-state index contributed by atoms with van der Waals surface area (Å²) in [6, 6.07) is 4.22. The molecule has 0 unspecified atom stereocenters. The number of carbonyl (C=O) groups excluding carboxylic acids is 1. The summed E-state index contributed by atoms with van der Waals surface area (Å²) in [5, 5.41) is 16.3. The first kappa shape index (κ1) is 13.8. The lowest BCUT2D eigenvalue weighted by molar-refractivity contribution is 0.102. The number of fused-ring (bicyclic) bond motifs is 1. The fourth-order valence-electron chi connectivity index (χ4n) is 2.33. The summed E-state index contributed by atoms with van der Waals surface area (Å²) in [4.78, 5) is 12.2. The van der Waals surface area contributed by atoms with Gasteiger partial charge in [-0.25, -0.2) is 4.39 Å². The van der Waals surface area contributed by atoms with Crippen LogP contribution >= 0.6 is 0 Å². The van der Waals surface area contributed by atoms with Crippen LogP contribution in [0.15, 0.2) is 18.2 Å². The van der Waals surface area contributed by atoms with Crippen molar-refractivity contribution in [3.05, 3.63) is 40.8 Å². The maximum Gasteiger partial charge on any atom is 0.491 e. The summed E-state index contributed by atoms with van der Waals surface area (Å²) in [6.07, 6.45) is 0. The van der Waals surface area contributed by atoms with Gasteiger partial charge in [-0.3, -0.25) is 9.48 Å². The Bertz CT molecular complexity index is 732. The summed E-state index contributed by atoms with van der Waals surface area (Å²) in [6.45, 7) is 1.93. The molecule has 1 aromatic heterocycles. The minimum atomic E-state index is -1.12. The molecule has 3 rings (SSSR count). The van der Waals surface area contributed by atoms with E-state index >= 15 is 0 Å². The molecule has 8 heteroatoms. The average Bonchev–Trinajstić information content (AvgIpc) is 2.92. The van der Waals surface area contributed by atoms with Gasteiger partial charge in [0.15, 0.2) is 0 Å². The number of nitrogens with one attached hydrogen (secondary N) is 1. The normalized spacial score (nSPS) is 13.4. The molecule has 0 saturated carbocycles. The number of amides is 1. The summed E-state index contributed by atoms with van der Waals surface area (Å²) < 4.78 is 20.5. The van der Waals surface area contributed by atoms with Gasteiger partial charge in [0.05, 0.1) is 17.9 Å². The average molecular weight is 289 g/mol. The summed E-state index contributed by atoms with van der Waals surface area (Å²) in [5.41, 5.74) is 1.57. The van der Waals surface area contributed by atoms with Crippen LogP contribution in [0, 0.1) is 12.7 Å². The van der Waals surface area contributed by atoms with Crippen LogP contribution in [0.5, 0.6) is 0 Å². The van der Waals surface area contributed by atoms with E-state index in [4.69, 9.17) is 4.65 Å². The predicted octanol–water partition coefficient (Wildman–Crippen LogP) is 0.338. The molecule has 1 aliphatic rings. The zero-order chi connectivity index (χ0) is 15.1. The molecule has 0 atom stereocenters. The number of aromatic nitrogens is 2. The Hall–Kier alpha value is -2.19. The van der Waals surface area contributed by atoms with Crippen LogP contribution in [-0.2, 0) is 18.3 Å². The van der Waals surface area contributed by atoms with E-state index in [1.54, 1.807) is 20.0 Å². The topological polar surface area (TPSA) is 76.4 Å². The molecule has 0 spiro atoms. The lowest BCUT2D eigenvalue weighted by Gasteiger charge is -2.08. The Kier molecular flexibility index (Phi) is 3.27. The molecule has 0 saturated heterocycles. The highest BCUT2D eigenvalue weighted by Gasteiger charge is 2.30. The molecule has 0 fully saturated rings. The first-order valence-electron chi connectivity index (χ1n) is 6.39. The van der Waals surface area contributed by atoms with Gasteiger partial charge in [0.2, 0.25) is 0 Å². The molecule has 0 radical (unpaired) electrons. The molecule has 2 heterocycles. The molecule has 2 aromatic rings. The molecule has 1 aliphatic heterocycles. The number of hydrogen-bond donors (Lipinski definition) is 2. The van der Waals surface area contributed by atoms with Crippen molar-refractivity contribution in [2.75, 3.05) is 5.32 Å². The van der Waals surface area contributed by atoms with Crippen LogP contribution in [0.2, 0.25) is 0 Å². The summed E-state index contributed by atoms with van der Waals surface area (Å²) in [5.74, 6) is -0.783. The van der Waals surface area contributed by atoms with Gasteiger partial charge in [0, 0.05) is 13.1 Å². The molecule has 1 amide bonds. The maximum atomic E-state index is 14.0. The summed E-state index contributed by atoms with van der Waals surface area (Å²) in [7, 11) is 0.560. The SMILES string of the molecule is Cc1cc(NC(=O)c2cc3c(cc2F)COB3O)n(C)n1. The van der Waals surface area contributed by atoms with Gasteiger partial charge in [-0.2, -0.15) is 5.10 Å². The van der Waals surface area contributed by atoms with Crippen LogP contribution in [0.4, 0.5) is 10.2 Å². The highest BCUT2D eigenvalue weighted by molar-refractivity contribution is 6.61. The first-order valence-corrected chi connectivity index (χ1v) is 6.39. The molecular formula is C13H13BFN3O3. The van der Waals surface area contributed by atoms with Gasteiger partial charge in [-0.1, -0.05) is 0 Å². The van der Waals surface area contributed by atoms with E-state index in [1.807, 2.05) is 0 Å². The minimum Gasteiger partial charge on any atom is -0.423 e. The van der Waals surface area contributed by atoms with Crippen LogP contribution in [0.1, 0.15) is 21.6 Å². The first-order chi connectivity index (χ1) is 9.95. The quantitative estimate of drug-likeness (QED) is 0.782.